The third-order valence-electron chi connectivity index (χ3n) is 5.40. The number of para-hydroxylation sites is 1. The lowest BCUT2D eigenvalue weighted by Gasteiger charge is -2.39. The Bertz CT molecular complexity index is 783. The molecule has 4 rings (SSSR count). The van der Waals surface area contributed by atoms with E-state index in [1.165, 1.54) is 0 Å². The van der Waals surface area contributed by atoms with E-state index in [0.717, 1.165) is 25.7 Å². The molecule has 27 heavy (non-hydrogen) atoms. The summed E-state index contributed by atoms with van der Waals surface area (Å²) in [5, 5.41) is 3.12. The molecule has 2 aliphatic heterocycles. The standard InChI is InChI=1S/C21H23N3O3/c25-20(14-27-19-4-2-1-3-5-19)24-17-6-7-18(24)13-16(12-17)23-21(26)15-8-10-22-11-9-15/h1-5,8-11,16-18H,6-7,12-14H2,(H,23,26)/t16?,17-,18+. The van der Waals surface area contributed by atoms with E-state index >= 15 is 0 Å². The number of fused-ring (bicyclic) bond motifs is 2. The molecule has 2 aliphatic rings. The number of carbonyl (C=O) groups excluding carboxylic acids is 2. The van der Waals surface area contributed by atoms with Gasteiger partial charge in [0.2, 0.25) is 0 Å². The summed E-state index contributed by atoms with van der Waals surface area (Å²) in [7, 11) is 0. The van der Waals surface area contributed by atoms with Gasteiger partial charge >= 0.3 is 0 Å². The van der Waals surface area contributed by atoms with Gasteiger partial charge < -0.3 is 15.0 Å². The number of amides is 2. The Morgan fingerprint density at radius 1 is 1.04 bits per heavy atom. The largest absolute Gasteiger partial charge is 0.484 e. The molecule has 1 aromatic heterocycles. The zero-order valence-electron chi connectivity index (χ0n) is 15.1. The summed E-state index contributed by atoms with van der Waals surface area (Å²) in [6.45, 7) is 0.0606. The van der Waals surface area contributed by atoms with Crippen LogP contribution in [0.4, 0.5) is 0 Å². The minimum atomic E-state index is -0.0750. The van der Waals surface area contributed by atoms with Crippen LogP contribution < -0.4 is 10.1 Å². The molecule has 2 amide bonds. The van der Waals surface area contributed by atoms with Gasteiger partial charge in [-0.2, -0.15) is 0 Å². The Hall–Kier alpha value is -2.89. The first-order valence-electron chi connectivity index (χ1n) is 9.40. The number of ether oxygens (including phenoxy) is 1. The van der Waals surface area contributed by atoms with Crippen molar-refractivity contribution in [3.05, 3.63) is 60.4 Å². The number of rotatable bonds is 5. The number of piperidine rings is 1. The first kappa shape index (κ1) is 17.5. The van der Waals surface area contributed by atoms with Crippen molar-refractivity contribution in [1.82, 2.24) is 15.2 Å². The molecule has 2 saturated heterocycles. The van der Waals surface area contributed by atoms with Gasteiger partial charge in [-0.3, -0.25) is 14.6 Å². The number of carbonyl (C=O) groups is 2. The third kappa shape index (κ3) is 3.94. The Balaban J connectivity index is 1.33. The summed E-state index contributed by atoms with van der Waals surface area (Å²) in [6, 6.07) is 13.3. The first-order chi connectivity index (χ1) is 13.2. The van der Waals surface area contributed by atoms with Crippen LogP contribution in [0.2, 0.25) is 0 Å². The van der Waals surface area contributed by atoms with Crippen molar-refractivity contribution in [2.24, 2.45) is 0 Å². The molecule has 2 bridgehead atoms. The number of benzene rings is 1. The molecule has 3 atom stereocenters. The normalized spacial score (nSPS) is 23.7. The molecule has 6 heteroatoms. The van der Waals surface area contributed by atoms with Gasteiger partial charge in [0.1, 0.15) is 5.75 Å². The summed E-state index contributed by atoms with van der Waals surface area (Å²) in [4.78, 5) is 31.0. The lowest BCUT2D eigenvalue weighted by Crippen LogP contribution is -2.53. The lowest BCUT2D eigenvalue weighted by atomic mass is 9.97. The van der Waals surface area contributed by atoms with Gasteiger partial charge in [-0.15, -0.1) is 0 Å². The van der Waals surface area contributed by atoms with Crippen molar-refractivity contribution < 1.29 is 14.3 Å². The van der Waals surface area contributed by atoms with Gasteiger partial charge in [-0.05, 0) is 49.9 Å². The van der Waals surface area contributed by atoms with Crippen LogP contribution >= 0.6 is 0 Å². The Kier molecular flexibility index (Phi) is 5.05. The number of nitrogens with one attached hydrogen (secondary N) is 1. The van der Waals surface area contributed by atoms with Crippen molar-refractivity contribution >= 4 is 11.8 Å². The van der Waals surface area contributed by atoms with E-state index in [4.69, 9.17) is 4.74 Å². The molecule has 1 unspecified atom stereocenters. The molecule has 0 aliphatic carbocycles. The number of nitrogens with zero attached hydrogens (tertiary/aromatic N) is 2. The Morgan fingerprint density at radius 2 is 1.70 bits per heavy atom. The molecule has 0 spiro atoms. The molecule has 1 aromatic carbocycles. The highest BCUT2D eigenvalue weighted by Gasteiger charge is 2.43. The molecule has 1 N–H and O–H groups in total. The molecule has 0 radical (unpaired) electrons. The highest BCUT2D eigenvalue weighted by atomic mass is 16.5. The van der Waals surface area contributed by atoms with Crippen LogP contribution in [0, 0.1) is 0 Å². The summed E-state index contributed by atoms with van der Waals surface area (Å²) >= 11 is 0. The average Bonchev–Trinajstić information content (AvgIpc) is 2.98. The lowest BCUT2D eigenvalue weighted by molar-refractivity contribution is -0.138. The molecule has 6 nitrogen and oxygen atoms in total. The topological polar surface area (TPSA) is 71.5 Å². The SMILES string of the molecule is O=C(NC1C[C@H]2CC[C@@H](C1)N2C(=O)COc1ccccc1)c1ccncc1. The molecular weight excluding hydrogens is 342 g/mol. The van der Waals surface area contributed by atoms with Crippen LogP contribution in [-0.2, 0) is 4.79 Å². The second kappa shape index (κ2) is 7.78. The van der Waals surface area contributed by atoms with E-state index in [1.807, 2.05) is 35.2 Å². The quantitative estimate of drug-likeness (QED) is 0.883. The van der Waals surface area contributed by atoms with Crippen LogP contribution in [0.15, 0.2) is 54.9 Å². The predicted molar refractivity (Wildman–Crippen MR) is 100 cm³/mol. The summed E-state index contributed by atoms with van der Waals surface area (Å²) in [5.41, 5.74) is 0.618. The van der Waals surface area contributed by atoms with E-state index in [0.29, 0.717) is 11.3 Å². The number of hydrogen-bond acceptors (Lipinski definition) is 4. The zero-order chi connectivity index (χ0) is 18.6. The molecule has 0 saturated carbocycles. The van der Waals surface area contributed by atoms with Crippen molar-refractivity contribution in [2.75, 3.05) is 6.61 Å². The van der Waals surface area contributed by atoms with Gasteiger partial charge in [0.25, 0.3) is 11.8 Å². The van der Waals surface area contributed by atoms with E-state index in [1.54, 1.807) is 24.5 Å². The first-order valence-corrected chi connectivity index (χ1v) is 9.40. The summed E-state index contributed by atoms with van der Waals surface area (Å²) < 4.78 is 5.63. The average molecular weight is 365 g/mol. The number of pyridine rings is 1. The predicted octanol–water partition coefficient (Wildman–Crippen LogP) is 2.41. The minimum absolute atomic E-state index is 0.0327. The van der Waals surface area contributed by atoms with E-state index in [9.17, 15) is 9.59 Å². The van der Waals surface area contributed by atoms with Crippen LogP contribution in [-0.4, -0.2) is 46.4 Å². The fourth-order valence-corrected chi connectivity index (χ4v) is 4.21. The molecule has 3 heterocycles. The fraction of sp³-hybridized carbons (Fsp3) is 0.381. The third-order valence-corrected chi connectivity index (χ3v) is 5.40. The maximum absolute atomic E-state index is 12.7. The van der Waals surface area contributed by atoms with Gasteiger partial charge in [0.05, 0.1) is 0 Å². The molecule has 2 aromatic rings. The zero-order valence-corrected chi connectivity index (χ0v) is 15.1. The van der Waals surface area contributed by atoms with Gasteiger partial charge in [-0.1, -0.05) is 18.2 Å². The fourth-order valence-electron chi connectivity index (χ4n) is 4.21. The highest BCUT2D eigenvalue weighted by Crippen LogP contribution is 2.36. The molecule has 140 valence electrons. The highest BCUT2D eigenvalue weighted by molar-refractivity contribution is 5.94. The number of aromatic nitrogens is 1. The van der Waals surface area contributed by atoms with Gasteiger partial charge in [0, 0.05) is 36.1 Å². The van der Waals surface area contributed by atoms with E-state index in [-0.39, 0.29) is 36.5 Å². The molecule has 2 fully saturated rings. The summed E-state index contributed by atoms with van der Waals surface area (Å²) in [6.07, 6.45) is 6.81. The smallest absolute Gasteiger partial charge is 0.261 e. The van der Waals surface area contributed by atoms with Crippen molar-refractivity contribution in [1.29, 1.82) is 0 Å². The second-order valence-corrected chi connectivity index (χ2v) is 7.17. The second-order valence-electron chi connectivity index (χ2n) is 7.17. The van der Waals surface area contributed by atoms with Crippen LogP contribution in [0.5, 0.6) is 5.75 Å². The van der Waals surface area contributed by atoms with Gasteiger partial charge in [-0.25, -0.2) is 0 Å². The van der Waals surface area contributed by atoms with E-state index < -0.39 is 0 Å². The van der Waals surface area contributed by atoms with Crippen LogP contribution in [0.1, 0.15) is 36.0 Å². The maximum Gasteiger partial charge on any atom is 0.261 e. The van der Waals surface area contributed by atoms with Crippen molar-refractivity contribution in [3.63, 3.8) is 0 Å². The van der Waals surface area contributed by atoms with Crippen LogP contribution in [0.3, 0.4) is 0 Å². The molecular formula is C21H23N3O3. The Labute approximate surface area is 158 Å². The Morgan fingerprint density at radius 3 is 2.37 bits per heavy atom. The van der Waals surface area contributed by atoms with Gasteiger partial charge in [0.15, 0.2) is 6.61 Å². The summed E-state index contributed by atoms with van der Waals surface area (Å²) in [5.74, 6) is 0.664. The minimum Gasteiger partial charge on any atom is -0.484 e. The monoisotopic (exact) mass is 365 g/mol. The van der Waals surface area contributed by atoms with E-state index in [2.05, 4.69) is 10.3 Å². The van der Waals surface area contributed by atoms with Crippen molar-refractivity contribution in [2.45, 2.75) is 43.8 Å². The van der Waals surface area contributed by atoms with Crippen LogP contribution in [0.25, 0.3) is 0 Å². The maximum atomic E-state index is 12.7. The van der Waals surface area contributed by atoms with Crippen molar-refractivity contribution in [3.8, 4) is 5.75 Å². The number of hydrogen-bond donors (Lipinski definition) is 1.